The number of hydrogen-bond donors (Lipinski definition) is 0. The number of benzene rings is 1. The molecule has 0 atom stereocenters. The van der Waals surface area contributed by atoms with Crippen LogP contribution >= 0.6 is 0 Å². The molecule has 0 fully saturated rings. The maximum absolute atomic E-state index is 4.32. The molecule has 0 amide bonds. The number of aryl methyl sites for hydroxylation is 3. The molecule has 2 aromatic rings. The van der Waals surface area contributed by atoms with Crippen LogP contribution in [0.2, 0.25) is 0 Å². The van der Waals surface area contributed by atoms with Gasteiger partial charge in [0, 0.05) is 0 Å². The zero-order valence-corrected chi connectivity index (χ0v) is 8.65. The van der Waals surface area contributed by atoms with Crippen molar-refractivity contribution in [3.63, 3.8) is 0 Å². The van der Waals surface area contributed by atoms with Gasteiger partial charge in [-0.1, -0.05) is 17.7 Å². The molecular weight excluding hydrogens is 174 g/mol. The van der Waals surface area contributed by atoms with Crippen molar-refractivity contribution in [1.29, 1.82) is 0 Å². The maximum Gasteiger partial charge on any atom is 0.0857 e. The Hall–Kier alpha value is -1.64. The van der Waals surface area contributed by atoms with E-state index in [1.54, 1.807) is 4.80 Å². The van der Waals surface area contributed by atoms with Crippen LogP contribution in [0.3, 0.4) is 0 Å². The Morgan fingerprint density at radius 3 is 1.86 bits per heavy atom. The molecule has 3 nitrogen and oxygen atoms in total. The molecule has 0 aliphatic rings. The fraction of sp³-hybridized carbons (Fsp3) is 0.273. The molecule has 0 aliphatic heterocycles. The van der Waals surface area contributed by atoms with E-state index in [2.05, 4.69) is 29.3 Å². The van der Waals surface area contributed by atoms with Gasteiger partial charge in [-0.25, -0.2) is 0 Å². The molecule has 14 heavy (non-hydrogen) atoms. The van der Waals surface area contributed by atoms with Gasteiger partial charge in [0.2, 0.25) is 0 Å². The summed E-state index contributed by atoms with van der Waals surface area (Å²) in [6, 6.07) is 8.16. The SMILES string of the molecule is Cc1ccc(-n2nc(C)c(C)n2)cc1. The standard InChI is InChI=1S/C11H13N3/c1-8-4-6-11(7-5-8)14-12-9(2)10(3)13-14/h4-7H,1-3H3. The molecule has 0 unspecified atom stereocenters. The average molecular weight is 187 g/mol. The normalized spacial score (nSPS) is 10.5. The van der Waals surface area contributed by atoms with Crippen molar-refractivity contribution < 1.29 is 0 Å². The zero-order valence-electron chi connectivity index (χ0n) is 8.65. The van der Waals surface area contributed by atoms with Crippen LogP contribution in [0.25, 0.3) is 5.69 Å². The Labute approximate surface area is 83.4 Å². The lowest BCUT2D eigenvalue weighted by Gasteiger charge is -1.98. The van der Waals surface area contributed by atoms with Gasteiger partial charge >= 0.3 is 0 Å². The molecule has 2 rings (SSSR count). The molecule has 0 bridgehead atoms. The predicted molar refractivity (Wildman–Crippen MR) is 55.6 cm³/mol. The second-order valence-corrected chi connectivity index (χ2v) is 3.50. The first kappa shape index (κ1) is 8.94. The van der Waals surface area contributed by atoms with Crippen molar-refractivity contribution in [1.82, 2.24) is 15.0 Å². The summed E-state index contributed by atoms with van der Waals surface area (Å²) >= 11 is 0. The first-order valence-electron chi connectivity index (χ1n) is 4.64. The second kappa shape index (κ2) is 3.25. The fourth-order valence-corrected chi connectivity index (χ4v) is 1.24. The van der Waals surface area contributed by atoms with Crippen molar-refractivity contribution in [2.75, 3.05) is 0 Å². The summed E-state index contributed by atoms with van der Waals surface area (Å²) in [4.78, 5) is 1.67. The summed E-state index contributed by atoms with van der Waals surface area (Å²) in [6.45, 7) is 6.00. The molecule has 0 saturated heterocycles. The molecule has 1 aromatic heterocycles. The molecule has 0 radical (unpaired) electrons. The van der Waals surface area contributed by atoms with Crippen LogP contribution in [-0.4, -0.2) is 15.0 Å². The van der Waals surface area contributed by atoms with E-state index in [0.29, 0.717) is 0 Å². The molecule has 0 saturated carbocycles. The average Bonchev–Trinajstić information content (AvgIpc) is 2.48. The highest BCUT2D eigenvalue weighted by atomic mass is 15.5. The number of nitrogens with zero attached hydrogens (tertiary/aromatic N) is 3. The van der Waals surface area contributed by atoms with Crippen LogP contribution < -0.4 is 0 Å². The third-order valence-electron chi connectivity index (χ3n) is 2.28. The van der Waals surface area contributed by atoms with Crippen molar-refractivity contribution in [2.24, 2.45) is 0 Å². The number of aromatic nitrogens is 3. The van der Waals surface area contributed by atoms with Gasteiger partial charge in [-0.2, -0.15) is 15.0 Å². The zero-order chi connectivity index (χ0) is 10.1. The Balaban J connectivity index is 2.44. The van der Waals surface area contributed by atoms with Crippen LogP contribution in [0, 0.1) is 20.8 Å². The fourth-order valence-electron chi connectivity index (χ4n) is 1.24. The Kier molecular flexibility index (Phi) is 2.08. The molecule has 0 N–H and O–H groups in total. The van der Waals surface area contributed by atoms with Crippen molar-refractivity contribution in [3.05, 3.63) is 41.2 Å². The molecule has 3 heteroatoms. The van der Waals surface area contributed by atoms with E-state index in [9.17, 15) is 0 Å². The van der Waals surface area contributed by atoms with Crippen LogP contribution in [0.4, 0.5) is 0 Å². The molecule has 0 aliphatic carbocycles. The lowest BCUT2D eigenvalue weighted by Crippen LogP contribution is -1.98. The summed E-state index contributed by atoms with van der Waals surface area (Å²) in [6.07, 6.45) is 0. The van der Waals surface area contributed by atoms with Crippen LogP contribution in [0.15, 0.2) is 24.3 Å². The van der Waals surface area contributed by atoms with E-state index < -0.39 is 0 Å². The highest BCUT2D eigenvalue weighted by molar-refractivity contribution is 5.32. The maximum atomic E-state index is 4.32. The minimum Gasteiger partial charge on any atom is -0.153 e. The first-order valence-corrected chi connectivity index (χ1v) is 4.64. The van der Waals surface area contributed by atoms with Gasteiger partial charge in [0.15, 0.2) is 0 Å². The van der Waals surface area contributed by atoms with E-state index in [0.717, 1.165) is 17.1 Å². The highest BCUT2D eigenvalue weighted by Crippen LogP contribution is 2.08. The summed E-state index contributed by atoms with van der Waals surface area (Å²) in [7, 11) is 0. The van der Waals surface area contributed by atoms with Crippen LogP contribution in [-0.2, 0) is 0 Å². The Morgan fingerprint density at radius 1 is 0.857 bits per heavy atom. The van der Waals surface area contributed by atoms with Crippen LogP contribution in [0.1, 0.15) is 17.0 Å². The molecule has 1 heterocycles. The lowest BCUT2D eigenvalue weighted by atomic mass is 10.2. The summed E-state index contributed by atoms with van der Waals surface area (Å²) in [5, 5.41) is 8.63. The van der Waals surface area contributed by atoms with Gasteiger partial charge in [-0.05, 0) is 32.9 Å². The van der Waals surface area contributed by atoms with Crippen molar-refractivity contribution >= 4 is 0 Å². The van der Waals surface area contributed by atoms with Gasteiger partial charge in [0.05, 0.1) is 17.1 Å². The van der Waals surface area contributed by atoms with Gasteiger partial charge in [0.25, 0.3) is 0 Å². The minimum absolute atomic E-state index is 0.977. The van der Waals surface area contributed by atoms with Crippen molar-refractivity contribution in [2.45, 2.75) is 20.8 Å². The van der Waals surface area contributed by atoms with Gasteiger partial charge in [-0.3, -0.25) is 0 Å². The third-order valence-corrected chi connectivity index (χ3v) is 2.28. The van der Waals surface area contributed by atoms with Gasteiger partial charge in [-0.15, -0.1) is 0 Å². The van der Waals surface area contributed by atoms with E-state index in [1.807, 2.05) is 26.0 Å². The minimum atomic E-state index is 0.977. The lowest BCUT2D eigenvalue weighted by molar-refractivity contribution is 0.741. The highest BCUT2D eigenvalue weighted by Gasteiger charge is 2.02. The molecule has 72 valence electrons. The largest absolute Gasteiger partial charge is 0.153 e. The van der Waals surface area contributed by atoms with Gasteiger partial charge < -0.3 is 0 Å². The van der Waals surface area contributed by atoms with Crippen molar-refractivity contribution in [3.8, 4) is 5.69 Å². The Bertz CT molecular complexity index is 421. The third kappa shape index (κ3) is 1.53. The van der Waals surface area contributed by atoms with E-state index in [4.69, 9.17) is 0 Å². The topological polar surface area (TPSA) is 30.7 Å². The molecule has 1 aromatic carbocycles. The number of hydrogen-bond acceptors (Lipinski definition) is 2. The second-order valence-electron chi connectivity index (χ2n) is 3.50. The summed E-state index contributed by atoms with van der Waals surface area (Å²) < 4.78 is 0. The number of rotatable bonds is 1. The predicted octanol–water partition coefficient (Wildman–Crippen LogP) is 2.19. The van der Waals surface area contributed by atoms with E-state index in [-0.39, 0.29) is 0 Å². The van der Waals surface area contributed by atoms with Gasteiger partial charge in [0.1, 0.15) is 0 Å². The summed E-state index contributed by atoms with van der Waals surface area (Å²) in [5.41, 5.74) is 4.21. The summed E-state index contributed by atoms with van der Waals surface area (Å²) in [5.74, 6) is 0. The van der Waals surface area contributed by atoms with E-state index in [1.165, 1.54) is 5.56 Å². The first-order chi connectivity index (χ1) is 6.66. The molecular formula is C11H13N3. The Morgan fingerprint density at radius 2 is 1.36 bits per heavy atom. The monoisotopic (exact) mass is 187 g/mol. The van der Waals surface area contributed by atoms with E-state index >= 15 is 0 Å². The quantitative estimate of drug-likeness (QED) is 0.685. The smallest absolute Gasteiger partial charge is 0.0857 e. The molecule has 0 spiro atoms. The van der Waals surface area contributed by atoms with Crippen LogP contribution in [0.5, 0.6) is 0 Å².